The third kappa shape index (κ3) is 3.92. The molecule has 16 heavy (non-hydrogen) atoms. The van der Waals surface area contributed by atoms with Gasteiger partial charge in [0.15, 0.2) is 6.10 Å². The SMILES string of the molecule is CN(C)C1CCN(CC(O)C(F)(F)F)CC1. The number of aliphatic hydroxyl groups is 1. The van der Waals surface area contributed by atoms with Crippen molar-refractivity contribution in [2.24, 2.45) is 0 Å². The fourth-order valence-corrected chi connectivity index (χ4v) is 1.97. The van der Waals surface area contributed by atoms with Gasteiger partial charge >= 0.3 is 6.18 Å². The summed E-state index contributed by atoms with van der Waals surface area (Å²) in [7, 11) is 3.95. The average molecular weight is 240 g/mol. The molecule has 1 atom stereocenters. The Hall–Kier alpha value is -0.330. The first-order valence-electron chi connectivity index (χ1n) is 5.44. The Bertz CT molecular complexity index is 213. The Morgan fingerprint density at radius 3 is 2.19 bits per heavy atom. The van der Waals surface area contributed by atoms with Crippen LogP contribution in [0.25, 0.3) is 0 Å². The molecule has 0 aromatic carbocycles. The van der Waals surface area contributed by atoms with Gasteiger partial charge in [0.2, 0.25) is 0 Å². The van der Waals surface area contributed by atoms with Crippen LogP contribution in [0.1, 0.15) is 12.8 Å². The van der Waals surface area contributed by atoms with Crippen LogP contribution < -0.4 is 0 Å². The molecule has 0 saturated carbocycles. The maximum atomic E-state index is 12.1. The van der Waals surface area contributed by atoms with E-state index in [1.54, 1.807) is 4.90 Å². The number of halogens is 3. The second-order valence-corrected chi connectivity index (χ2v) is 4.55. The minimum absolute atomic E-state index is 0.302. The van der Waals surface area contributed by atoms with Gasteiger partial charge in [-0.15, -0.1) is 0 Å². The summed E-state index contributed by atoms with van der Waals surface area (Å²) in [5.74, 6) is 0. The predicted molar refractivity (Wildman–Crippen MR) is 55.2 cm³/mol. The van der Waals surface area contributed by atoms with Gasteiger partial charge in [-0.2, -0.15) is 13.2 Å². The highest BCUT2D eigenvalue weighted by molar-refractivity contribution is 4.79. The van der Waals surface area contributed by atoms with E-state index in [0.717, 1.165) is 12.8 Å². The quantitative estimate of drug-likeness (QED) is 0.795. The van der Waals surface area contributed by atoms with E-state index in [1.807, 2.05) is 14.1 Å². The summed E-state index contributed by atoms with van der Waals surface area (Å²) < 4.78 is 36.4. The van der Waals surface area contributed by atoms with Crippen molar-refractivity contribution in [3.05, 3.63) is 0 Å². The third-order valence-electron chi connectivity index (χ3n) is 3.10. The molecule has 1 N–H and O–H groups in total. The summed E-state index contributed by atoms with van der Waals surface area (Å²) in [5, 5.41) is 8.94. The fraction of sp³-hybridized carbons (Fsp3) is 1.00. The second-order valence-electron chi connectivity index (χ2n) is 4.55. The second kappa shape index (κ2) is 5.33. The van der Waals surface area contributed by atoms with Gasteiger partial charge in [0.05, 0.1) is 0 Å². The minimum Gasteiger partial charge on any atom is -0.382 e. The van der Waals surface area contributed by atoms with Crippen LogP contribution in [0, 0.1) is 0 Å². The van der Waals surface area contributed by atoms with Crippen molar-refractivity contribution in [2.45, 2.75) is 31.2 Å². The maximum Gasteiger partial charge on any atom is 0.415 e. The number of rotatable bonds is 3. The van der Waals surface area contributed by atoms with Crippen molar-refractivity contribution in [1.29, 1.82) is 0 Å². The highest BCUT2D eigenvalue weighted by Crippen LogP contribution is 2.22. The number of hydrogen-bond acceptors (Lipinski definition) is 3. The molecule has 0 bridgehead atoms. The van der Waals surface area contributed by atoms with Crippen LogP contribution in [-0.2, 0) is 0 Å². The van der Waals surface area contributed by atoms with Gasteiger partial charge in [-0.3, -0.25) is 0 Å². The number of likely N-dealkylation sites (tertiary alicyclic amines) is 1. The molecule has 0 aliphatic carbocycles. The summed E-state index contributed by atoms with van der Waals surface area (Å²) in [6, 6.07) is 0.444. The molecule has 96 valence electrons. The van der Waals surface area contributed by atoms with Crippen LogP contribution in [0.2, 0.25) is 0 Å². The highest BCUT2D eigenvalue weighted by atomic mass is 19.4. The standard InChI is InChI=1S/C10H19F3N2O/c1-14(2)8-3-5-15(6-4-8)7-9(16)10(11,12)13/h8-9,16H,3-7H2,1-2H3. The molecule has 0 radical (unpaired) electrons. The number of nitrogens with zero attached hydrogens (tertiary/aromatic N) is 2. The van der Waals surface area contributed by atoms with Crippen molar-refractivity contribution < 1.29 is 18.3 Å². The van der Waals surface area contributed by atoms with Crippen molar-refractivity contribution in [3.63, 3.8) is 0 Å². The molecule has 6 heteroatoms. The van der Waals surface area contributed by atoms with Gasteiger partial charge in [0, 0.05) is 12.6 Å². The van der Waals surface area contributed by atoms with Crippen molar-refractivity contribution >= 4 is 0 Å². The molecule has 1 rings (SSSR count). The molecule has 1 heterocycles. The molecule has 1 aliphatic rings. The van der Waals surface area contributed by atoms with Crippen LogP contribution >= 0.6 is 0 Å². The lowest BCUT2D eigenvalue weighted by Gasteiger charge is -2.36. The zero-order valence-electron chi connectivity index (χ0n) is 9.67. The molecule has 1 aliphatic heterocycles. The molecule has 0 aromatic rings. The van der Waals surface area contributed by atoms with Crippen molar-refractivity contribution in [1.82, 2.24) is 9.80 Å². The Morgan fingerprint density at radius 1 is 1.31 bits per heavy atom. The minimum atomic E-state index is -4.50. The normalized spacial score (nSPS) is 22.7. The maximum absolute atomic E-state index is 12.1. The van der Waals surface area contributed by atoms with Gasteiger partial charge in [-0.25, -0.2) is 0 Å². The third-order valence-corrected chi connectivity index (χ3v) is 3.10. The van der Waals surface area contributed by atoms with Crippen LogP contribution in [0.5, 0.6) is 0 Å². The first-order valence-corrected chi connectivity index (χ1v) is 5.44. The lowest BCUT2D eigenvalue weighted by atomic mass is 10.0. The van der Waals surface area contributed by atoms with E-state index in [0.29, 0.717) is 19.1 Å². The molecule has 0 amide bonds. The Labute approximate surface area is 93.8 Å². The monoisotopic (exact) mass is 240 g/mol. The molecular formula is C10H19F3N2O. The van der Waals surface area contributed by atoms with Crippen molar-refractivity contribution in [2.75, 3.05) is 33.7 Å². The van der Waals surface area contributed by atoms with E-state index < -0.39 is 12.3 Å². The smallest absolute Gasteiger partial charge is 0.382 e. The van der Waals surface area contributed by atoms with E-state index in [-0.39, 0.29) is 6.54 Å². The van der Waals surface area contributed by atoms with E-state index in [4.69, 9.17) is 5.11 Å². The van der Waals surface area contributed by atoms with Gasteiger partial charge in [0.25, 0.3) is 0 Å². The molecule has 3 nitrogen and oxygen atoms in total. The molecule has 0 spiro atoms. The summed E-state index contributed by atoms with van der Waals surface area (Å²) >= 11 is 0. The van der Waals surface area contributed by atoms with Crippen LogP contribution in [-0.4, -0.2) is 67.0 Å². The largest absolute Gasteiger partial charge is 0.415 e. The number of hydrogen-bond donors (Lipinski definition) is 1. The number of aliphatic hydroxyl groups excluding tert-OH is 1. The molecule has 0 aromatic heterocycles. The summed E-state index contributed by atoms with van der Waals surface area (Å²) in [5.41, 5.74) is 0. The number of β-amino-alcohol motifs (C(OH)–C–C–N with tert-alkyl or cyclic N) is 1. The lowest BCUT2D eigenvalue weighted by molar-refractivity contribution is -0.208. The van der Waals surface area contributed by atoms with Crippen molar-refractivity contribution in [3.8, 4) is 0 Å². The van der Waals surface area contributed by atoms with Gasteiger partial charge < -0.3 is 14.9 Å². The zero-order valence-corrected chi connectivity index (χ0v) is 9.67. The highest BCUT2D eigenvalue weighted by Gasteiger charge is 2.39. The average Bonchev–Trinajstić information content (AvgIpc) is 2.17. The fourth-order valence-electron chi connectivity index (χ4n) is 1.97. The zero-order chi connectivity index (χ0) is 12.3. The van der Waals surface area contributed by atoms with E-state index in [1.165, 1.54) is 0 Å². The van der Waals surface area contributed by atoms with Crippen LogP contribution in [0.15, 0.2) is 0 Å². The predicted octanol–water partition coefficient (Wildman–Crippen LogP) is 0.936. The Kier molecular flexibility index (Phi) is 4.58. The van der Waals surface area contributed by atoms with Gasteiger partial charge in [0.1, 0.15) is 0 Å². The number of alkyl halides is 3. The molecule has 1 unspecified atom stereocenters. The summed E-state index contributed by atoms with van der Waals surface area (Å²) in [6.07, 6.45) is -5.00. The first-order chi connectivity index (χ1) is 7.30. The summed E-state index contributed by atoms with van der Waals surface area (Å²) in [6.45, 7) is 0.940. The molecule has 1 fully saturated rings. The number of piperidine rings is 1. The topological polar surface area (TPSA) is 26.7 Å². The Balaban J connectivity index is 2.32. The van der Waals surface area contributed by atoms with Crippen LogP contribution in [0.4, 0.5) is 13.2 Å². The van der Waals surface area contributed by atoms with Crippen LogP contribution in [0.3, 0.4) is 0 Å². The van der Waals surface area contributed by atoms with E-state index in [9.17, 15) is 13.2 Å². The summed E-state index contributed by atoms with van der Waals surface area (Å²) in [4.78, 5) is 3.77. The molecule has 1 saturated heterocycles. The Morgan fingerprint density at radius 2 is 1.81 bits per heavy atom. The first kappa shape index (κ1) is 13.7. The van der Waals surface area contributed by atoms with Gasteiger partial charge in [-0.05, 0) is 40.0 Å². The van der Waals surface area contributed by atoms with Gasteiger partial charge in [-0.1, -0.05) is 0 Å². The van der Waals surface area contributed by atoms with E-state index in [2.05, 4.69) is 4.90 Å². The lowest BCUT2D eigenvalue weighted by Crippen LogP contribution is -2.47. The molecular weight excluding hydrogens is 221 g/mol. The van der Waals surface area contributed by atoms with E-state index >= 15 is 0 Å².